The smallest absolute Gasteiger partial charge is 0.254 e. The number of carbonyl (C=O) groups is 1. The third-order valence-corrected chi connectivity index (χ3v) is 3.46. The Bertz CT molecular complexity index is 517. The maximum absolute atomic E-state index is 13.4. The van der Waals surface area contributed by atoms with E-state index in [0.717, 1.165) is 12.8 Å². The first-order valence-corrected chi connectivity index (χ1v) is 5.95. The molecule has 1 aliphatic rings. The lowest BCUT2D eigenvalue weighted by atomic mass is 9.96. The molecule has 1 aromatic carbocycles. The van der Waals surface area contributed by atoms with Gasteiger partial charge in [-0.25, -0.2) is 13.2 Å². The predicted octanol–water partition coefficient (Wildman–Crippen LogP) is 1.99. The number of carbonyl (C=O) groups excluding carboxylic acids is 1. The van der Waals surface area contributed by atoms with Crippen LogP contribution in [0.1, 0.15) is 30.1 Å². The highest BCUT2D eigenvalue weighted by atomic mass is 19.2. The van der Waals surface area contributed by atoms with E-state index in [0.29, 0.717) is 12.1 Å². The first-order chi connectivity index (χ1) is 8.87. The molecule has 0 spiro atoms. The summed E-state index contributed by atoms with van der Waals surface area (Å²) in [4.78, 5) is 11.9. The van der Waals surface area contributed by atoms with Gasteiger partial charge in [0.15, 0.2) is 11.6 Å². The number of amides is 1. The number of rotatable bonds is 4. The van der Waals surface area contributed by atoms with Gasteiger partial charge in [0.2, 0.25) is 0 Å². The molecular weight excluding hydrogens is 259 g/mol. The summed E-state index contributed by atoms with van der Waals surface area (Å²) in [7, 11) is 0. The predicted molar refractivity (Wildman–Crippen MR) is 62.0 cm³/mol. The van der Waals surface area contributed by atoms with Crippen molar-refractivity contribution in [2.24, 2.45) is 5.92 Å². The second-order valence-electron chi connectivity index (χ2n) is 5.05. The SMILES string of the molecule is CC(CO)(NC(=O)c1cc(F)c(F)cc1F)C1CC1. The highest BCUT2D eigenvalue weighted by molar-refractivity contribution is 5.95. The van der Waals surface area contributed by atoms with Crippen LogP contribution in [0.4, 0.5) is 13.2 Å². The summed E-state index contributed by atoms with van der Waals surface area (Å²) in [6, 6.07) is 0.850. The summed E-state index contributed by atoms with van der Waals surface area (Å²) in [6.45, 7) is 1.34. The fourth-order valence-electron chi connectivity index (χ4n) is 2.01. The van der Waals surface area contributed by atoms with Crippen LogP contribution in [0, 0.1) is 23.4 Å². The molecule has 0 heterocycles. The van der Waals surface area contributed by atoms with Gasteiger partial charge in [0.1, 0.15) is 5.82 Å². The van der Waals surface area contributed by atoms with E-state index < -0.39 is 34.5 Å². The molecule has 0 radical (unpaired) electrons. The maximum Gasteiger partial charge on any atom is 0.254 e. The molecule has 2 N–H and O–H groups in total. The molecule has 19 heavy (non-hydrogen) atoms. The summed E-state index contributed by atoms with van der Waals surface area (Å²) < 4.78 is 39.3. The Hall–Kier alpha value is -1.56. The molecule has 2 rings (SSSR count). The second-order valence-corrected chi connectivity index (χ2v) is 5.05. The summed E-state index contributed by atoms with van der Waals surface area (Å²) >= 11 is 0. The Kier molecular flexibility index (Phi) is 3.54. The fraction of sp³-hybridized carbons (Fsp3) is 0.462. The van der Waals surface area contributed by atoms with Crippen molar-refractivity contribution in [3.05, 3.63) is 35.1 Å². The number of hydrogen-bond acceptors (Lipinski definition) is 2. The van der Waals surface area contributed by atoms with Crippen molar-refractivity contribution in [1.82, 2.24) is 5.32 Å². The molecule has 3 nitrogen and oxygen atoms in total. The van der Waals surface area contributed by atoms with Gasteiger partial charge in [0.05, 0.1) is 17.7 Å². The van der Waals surface area contributed by atoms with Gasteiger partial charge in [-0.15, -0.1) is 0 Å². The Balaban J connectivity index is 2.22. The molecule has 1 amide bonds. The van der Waals surface area contributed by atoms with Gasteiger partial charge in [-0.1, -0.05) is 0 Å². The van der Waals surface area contributed by atoms with E-state index in [-0.39, 0.29) is 12.5 Å². The topological polar surface area (TPSA) is 49.3 Å². The van der Waals surface area contributed by atoms with Crippen molar-refractivity contribution < 1.29 is 23.1 Å². The first-order valence-electron chi connectivity index (χ1n) is 5.95. The lowest BCUT2D eigenvalue weighted by Crippen LogP contribution is -2.51. The molecule has 0 aliphatic heterocycles. The Morgan fingerprint density at radius 1 is 1.32 bits per heavy atom. The lowest BCUT2D eigenvalue weighted by molar-refractivity contribution is 0.0820. The van der Waals surface area contributed by atoms with Crippen molar-refractivity contribution in [2.75, 3.05) is 6.61 Å². The van der Waals surface area contributed by atoms with Crippen molar-refractivity contribution >= 4 is 5.91 Å². The van der Waals surface area contributed by atoms with Crippen LogP contribution in [0.25, 0.3) is 0 Å². The van der Waals surface area contributed by atoms with Gasteiger partial charge in [0, 0.05) is 6.07 Å². The van der Waals surface area contributed by atoms with Crippen LogP contribution in [0.15, 0.2) is 12.1 Å². The number of nitrogens with one attached hydrogen (secondary N) is 1. The highest BCUT2D eigenvalue weighted by Crippen LogP contribution is 2.39. The minimum absolute atomic E-state index is 0.120. The zero-order chi connectivity index (χ0) is 14.2. The summed E-state index contributed by atoms with van der Waals surface area (Å²) in [5, 5.41) is 11.8. The van der Waals surface area contributed by atoms with Gasteiger partial charge in [-0.2, -0.15) is 0 Å². The van der Waals surface area contributed by atoms with Crippen LogP contribution >= 0.6 is 0 Å². The summed E-state index contributed by atoms with van der Waals surface area (Å²) in [6.07, 6.45) is 1.72. The van der Waals surface area contributed by atoms with Crippen molar-refractivity contribution in [3.63, 3.8) is 0 Å². The molecule has 104 valence electrons. The third-order valence-electron chi connectivity index (χ3n) is 3.46. The van der Waals surface area contributed by atoms with E-state index in [2.05, 4.69) is 5.32 Å². The van der Waals surface area contributed by atoms with Crippen molar-refractivity contribution in [3.8, 4) is 0 Å². The van der Waals surface area contributed by atoms with Crippen molar-refractivity contribution in [1.29, 1.82) is 0 Å². The van der Waals surface area contributed by atoms with Gasteiger partial charge in [0.25, 0.3) is 5.91 Å². The summed E-state index contributed by atoms with van der Waals surface area (Å²) in [5.41, 5.74) is -1.44. The van der Waals surface area contributed by atoms with Crippen LogP contribution in [0.3, 0.4) is 0 Å². The number of benzene rings is 1. The largest absolute Gasteiger partial charge is 0.394 e. The molecule has 1 fully saturated rings. The molecule has 6 heteroatoms. The molecule has 0 bridgehead atoms. The van der Waals surface area contributed by atoms with Crippen LogP contribution in [0.2, 0.25) is 0 Å². The average Bonchev–Trinajstić information content (AvgIpc) is 3.17. The zero-order valence-electron chi connectivity index (χ0n) is 10.3. The normalized spacial score (nSPS) is 17.9. The van der Waals surface area contributed by atoms with E-state index in [1.165, 1.54) is 0 Å². The monoisotopic (exact) mass is 273 g/mol. The van der Waals surface area contributed by atoms with E-state index in [1.54, 1.807) is 6.92 Å². The average molecular weight is 273 g/mol. The second kappa shape index (κ2) is 4.85. The molecule has 1 aliphatic carbocycles. The molecule has 1 saturated carbocycles. The number of halogens is 3. The van der Waals surface area contributed by atoms with Crippen LogP contribution in [0.5, 0.6) is 0 Å². The Morgan fingerprint density at radius 3 is 2.42 bits per heavy atom. The van der Waals surface area contributed by atoms with Gasteiger partial charge < -0.3 is 10.4 Å². The molecule has 0 aromatic heterocycles. The molecule has 1 unspecified atom stereocenters. The van der Waals surface area contributed by atoms with Crippen LogP contribution in [-0.4, -0.2) is 23.2 Å². The zero-order valence-corrected chi connectivity index (χ0v) is 10.3. The quantitative estimate of drug-likeness (QED) is 0.824. The van der Waals surface area contributed by atoms with E-state index in [4.69, 9.17) is 0 Å². The van der Waals surface area contributed by atoms with Gasteiger partial charge >= 0.3 is 0 Å². The van der Waals surface area contributed by atoms with Gasteiger partial charge in [-0.05, 0) is 31.7 Å². The van der Waals surface area contributed by atoms with E-state index in [1.807, 2.05) is 0 Å². The van der Waals surface area contributed by atoms with Gasteiger partial charge in [-0.3, -0.25) is 4.79 Å². The third kappa shape index (κ3) is 2.73. The fourth-order valence-corrected chi connectivity index (χ4v) is 2.01. The lowest BCUT2D eigenvalue weighted by Gasteiger charge is -2.28. The summed E-state index contributed by atoms with van der Waals surface area (Å²) in [5.74, 6) is -4.51. The maximum atomic E-state index is 13.4. The molecule has 1 atom stereocenters. The van der Waals surface area contributed by atoms with Crippen molar-refractivity contribution in [2.45, 2.75) is 25.3 Å². The Morgan fingerprint density at radius 2 is 1.89 bits per heavy atom. The standard InChI is InChI=1S/C13H14F3NO2/c1-13(6-18,7-2-3-7)17-12(19)8-4-10(15)11(16)5-9(8)14/h4-5,7,18H,2-3,6H2,1H3,(H,17,19). The first kappa shape index (κ1) is 13.9. The minimum atomic E-state index is -1.35. The highest BCUT2D eigenvalue weighted by Gasteiger charge is 2.42. The van der Waals surface area contributed by atoms with Crippen LogP contribution in [-0.2, 0) is 0 Å². The number of hydrogen-bond donors (Lipinski definition) is 2. The Labute approximate surface area is 108 Å². The van der Waals surface area contributed by atoms with Crippen LogP contribution < -0.4 is 5.32 Å². The van der Waals surface area contributed by atoms with E-state index in [9.17, 15) is 23.1 Å². The molecule has 1 aromatic rings. The molecular formula is C13H14F3NO2. The van der Waals surface area contributed by atoms with E-state index >= 15 is 0 Å². The number of aliphatic hydroxyl groups excluding tert-OH is 1. The minimum Gasteiger partial charge on any atom is -0.394 e. The number of aliphatic hydroxyl groups is 1. The molecule has 0 saturated heterocycles.